The minimum absolute atomic E-state index is 1.60. The summed E-state index contributed by atoms with van der Waals surface area (Å²) in [5, 5.41) is 0. The molecular weight excluding hydrogens is 292 g/mol. The Morgan fingerprint density at radius 3 is 1.44 bits per heavy atom. The van der Waals surface area contributed by atoms with E-state index in [9.17, 15) is 43.9 Å². The fourth-order valence-corrected chi connectivity index (χ4v) is 1.04. The molecule has 0 aromatic carbocycles. The second-order valence-electron chi connectivity index (χ2n) is 2.99. The van der Waals surface area contributed by atoms with Crippen molar-refractivity contribution in [2.24, 2.45) is 0 Å². The summed E-state index contributed by atoms with van der Waals surface area (Å²) >= 11 is 0. The number of ether oxygens (including phenoxy) is 1. The van der Waals surface area contributed by atoms with Crippen LogP contribution in [-0.2, 0) is 4.74 Å². The lowest BCUT2D eigenvalue weighted by Crippen LogP contribution is -2.73. The average Bonchev–Trinajstić information content (AvgIpc) is 2.12. The van der Waals surface area contributed by atoms with Gasteiger partial charge in [0.1, 0.15) is 6.33 Å². The molecule has 0 aromatic heterocycles. The van der Waals surface area contributed by atoms with E-state index in [1.54, 1.807) is 0 Å². The molecule has 0 aromatic rings. The van der Waals surface area contributed by atoms with E-state index in [1.807, 2.05) is 4.74 Å². The quantitative estimate of drug-likeness (QED) is 0.542. The van der Waals surface area contributed by atoms with E-state index in [1.165, 1.54) is 0 Å². The molecular formula is C6HF10NO. The molecule has 0 N–H and O–H groups in total. The van der Waals surface area contributed by atoms with Crippen molar-refractivity contribution in [3.8, 4) is 0 Å². The summed E-state index contributed by atoms with van der Waals surface area (Å²) in [6.45, 7) is 0. The zero-order valence-electron chi connectivity index (χ0n) is 7.71. The van der Waals surface area contributed by atoms with Crippen LogP contribution in [0.3, 0.4) is 0 Å². The van der Waals surface area contributed by atoms with E-state index < -0.39 is 41.5 Å². The van der Waals surface area contributed by atoms with Gasteiger partial charge in [0.25, 0.3) is 0 Å². The van der Waals surface area contributed by atoms with Crippen molar-refractivity contribution in [3.05, 3.63) is 12.3 Å². The monoisotopic (exact) mass is 293 g/mol. The van der Waals surface area contributed by atoms with E-state index >= 15 is 0 Å². The van der Waals surface area contributed by atoms with Gasteiger partial charge in [0.2, 0.25) is 5.95 Å². The van der Waals surface area contributed by atoms with Crippen LogP contribution in [0.25, 0.3) is 0 Å². The molecule has 0 atom stereocenters. The molecule has 0 bridgehead atoms. The highest BCUT2D eigenvalue weighted by molar-refractivity contribution is 5.03. The lowest BCUT2D eigenvalue weighted by Gasteiger charge is -2.46. The van der Waals surface area contributed by atoms with Crippen LogP contribution in [0.2, 0.25) is 0 Å². The smallest absolute Gasteiger partial charge is 0.242 e. The van der Waals surface area contributed by atoms with Gasteiger partial charge in [0.15, 0.2) is 0 Å². The van der Waals surface area contributed by atoms with Gasteiger partial charge >= 0.3 is 24.3 Å². The molecule has 12 heteroatoms. The van der Waals surface area contributed by atoms with Crippen molar-refractivity contribution in [3.63, 3.8) is 0 Å². The summed E-state index contributed by atoms with van der Waals surface area (Å²) in [6.07, 6.45) is -13.9. The molecule has 1 fully saturated rings. The third kappa shape index (κ3) is 1.69. The first kappa shape index (κ1) is 14.9. The Kier molecular flexibility index (Phi) is 3.01. The summed E-state index contributed by atoms with van der Waals surface area (Å²) < 4.78 is 127. The molecule has 1 aliphatic heterocycles. The lowest BCUT2D eigenvalue weighted by molar-refractivity contribution is -0.559. The summed E-state index contributed by atoms with van der Waals surface area (Å²) in [6, 6.07) is -12.5. The Morgan fingerprint density at radius 1 is 0.833 bits per heavy atom. The van der Waals surface area contributed by atoms with Gasteiger partial charge in [-0.3, -0.25) is 0 Å². The Balaban J connectivity index is 3.48. The fraction of sp³-hybridized carbons (Fsp3) is 0.667. The maximum Gasteiger partial charge on any atom is 0.445 e. The fourth-order valence-electron chi connectivity index (χ4n) is 1.04. The van der Waals surface area contributed by atoms with E-state index in [0.29, 0.717) is 0 Å². The first-order valence-electron chi connectivity index (χ1n) is 3.79. The van der Waals surface area contributed by atoms with Crippen LogP contribution in [0, 0.1) is 0 Å². The zero-order valence-corrected chi connectivity index (χ0v) is 7.71. The number of hydrogen-bond donors (Lipinski definition) is 0. The van der Waals surface area contributed by atoms with Crippen molar-refractivity contribution in [2.75, 3.05) is 0 Å². The standard InChI is InChI=1S/C6HF10NO/c7-1-2(8)17-3(9,10)5(13,14)18-6(15,16)4(17,11)12/h1H/b2-1-. The molecule has 1 heterocycles. The van der Waals surface area contributed by atoms with Crippen LogP contribution in [0.4, 0.5) is 43.9 Å². The topological polar surface area (TPSA) is 12.5 Å². The van der Waals surface area contributed by atoms with E-state index in [2.05, 4.69) is 0 Å². The number of morpholine rings is 1. The second-order valence-corrected chi connectivity index (χ2v) is 2.99. The van der Waals surface area contributed by atoms with Gasteiger partial charge in [-0.05, 0) is 0 Å². The molecule has 0 radical (unpaired) electrons. The van der Waals surface area contributed by atoms with Gasteiger partial charge in [0, 0.05) is 0 Å². The average molecular weight is 293 g/mol. The highest BCUT2D eigenvalue weighted by Gasteiger charge is 2.83. The third-order valence-electron chi connectivity index (χ3n) is 1.82. The summed E-state index contributed by atoms with van der Waals surface area (Å²) in [5.74, 6) is -3.31. The number of rotatable bonds is 1. The Bertz CT molecular complexity index is 351. The van der Waals surface area contributed by atoms with Crippen molar-refractivity contribution in [1.29, 1.82) is 0 Å². The molecule has 1 saturated heterocycles. The molecule has 18 heavy (non-hydrogen) atoms. The van der Waals surface area contributed by atoms with Crippen molar-refractivity contribution in [1.82, 2.24) is 4.90 Å². The highest BCUT2D eigenvalue weighted by atomic mass is 19.4. The summed E-state index contributed by atoms with van der Waals surface area (Å²) in [7, 11) is 0. The molecule has 0 spiro atoms. The molecule has 0 aliphatic carbocycles. The predicted octanol–water partition coefficient (Wildman–Crippen LogP) is 3.43. The van der Waals surface area contributed by atoms with Crippen molar-refractivity contribution >= 4 is 0 Å². The van der Waals surface area contributed by atoms with Gasteiger partial charge in [-0.25, -0.2) is 14.0 Å². The molecule has 1 rings (SSSR count). The predicted molar refractivity (Wildman–Crippen MR) is 33.0 cm³/mol. The minimum Gasteiger partial charge on any atom is -0.242 e. The van der Waals surface area contributed by atoms with Crippen LogP contribution >= 0.6 is 0 Å². The highest BCUT2D eigenvalue weighted by Crippen LogP contribution is 2.57. The third-order valence-corrected chi connectivity index (χ3v) is 1.82. The Morgan fingerprint density at radius 2 is 1.17 bits per heavy atom. The molecule has 0 amide bonds. The Hall–Kier alpha value is -1.20. The normalized spacial score (nSPS) is 29.2. The van der Waals surface area contributed by atoms with Gasteiger partial charge in [-0.1, -0.05) is 0 Å². The lowest BCUT2D eigenvalue weighted by atomic mass is 10.3. The second kappa shape index (κ2) is 3.65. The molecule has 2 nitrogen and oxygen atoms in total. The molecule has 0 saturated carbocycles. The van der Waals surface area contributed by atoms with E-state index in [0.717, 1.165) is 0 Å². The zero-order chi connectivity index (χ0) is 14.6. The number of hydrogen-bond acceptors (Lipinski definition) is 2. The molecule has 0 unspecified atom stereocenters. The largest absolute Gasteiger partial charge is 0.445 e. The molecule has 106 valence electrons. The van der Waals surface area contributed by atoms with Crippen LogP contribution in [-0.4, -0.2) is 29.2 Å². The summed E-state index contributed by atoms with van der Waals surface area (Å²) in [5.41, 5.74) is 0. The number of halogens is 10. The van der Waals surface area contributed by atoms with Gasteiger partial charge < -0.3 is 0 Å². The van der Waals surface area contributed by atoms with Gasteiger partial charge in [-0.15, -0.1) is 0 Å². The minimum atomic E-state index is -6.23. The van der Waals surface area contributed by atoms with Crippen LogP contribution in [0.1, 0.15) is 0 Å². The first-order valence-corrected chi connectivity index (χ1v) is 3.79. The number of alkyl halides is 8. The summed E-state index contributed by atoms with van der Waals surface area (Å²) in [4.78, 5) is -2.68. The van der Waals surface area contributed by atoms with Crippen LogP contribution < -0.4 is 0 Å². The van der Waals surface area contributed by atoms with Crippen LogP contribution in [0.15, 0.2) is 12.3 Å². The number of nitrogens with zero attached hydrogens (tertiary/aromatic N) is 1. The molecule has 1 aliphatic rings. The van der Waals surface area contributed by atoms with Crippen molar-refractivity contribution < 1.29 is 48.6 Å². The van der Waals surface area contributed by atoms with Gasteiger partial charge in [-0.2, -0.15) is 39.5 Å². The maximum atomic E-state index is 12.7. The van der Waals surface area contributed by atoms with Crippen LogP contribution in [0.5, 0.6) is 0 Å². The SMILES string of the molecule is F/C=C(/F)N1C(F)(F)C(F)(F)OC(F)(F)C1(F)F. The van der Waals surface area contributed by atoms with E-state index in [4.69, 9.17) is 0 Å². The first-order chi connectivity index (χ1) is 7.81. The maximum absolute atomic E-state index is 12.7. The van der Waals surface area contributed by atoms with Crippen molar-refractivity contribution in [2.45, 2.75) is 24.3 Å². The Labute approximate surface area is 91.4 Å². The van der Waals surface area contributed by atoms with Gasteiger partial charge in [0.05, 0.1) is 0 Å². The van der Waals surface area contributed by atoms with E-state index in [-0.39, 0.29) is 0 Å².